The van der Waals surface area contributed by atoms with E-state index in [-0.39, 0.29) is 5.91 Å². The molecule has 0 aliphatic rings. The van der Waals surface area contributed by atoms with Gasteiger partial charge in [-0.3, -0.25) is 4.79 Å². The number of benzene rings is 2. The van der Waals surface area contributed by atoms with E-state index in [2.05, 4.69) is 30.1 Å². The Morgan fingerprint density at radius 3 is 2.42 bits per heavy atom. The van der Waals surface area contributed by atoms with Gasteiger partial charge in [0, 0.05) is 24.5 Å². The summed E-state index contributed by atoms with van der Waals surface area (Å²) in [7, 11) is 0. The number of nitrogens with one attached hydrogen (secondary N) is 1. The Morgan fingerprint density at radius 1 is 1.08 bits per heavy atom. The fraction of sp³-hybridized carbons (Fsp3) is 0.350. The lowest BCUT2D eigenvalue weighted by Gasteiger charge is -2.22. The van der Waals surface area contributed by atoms with Gasteiger partial charge in [0.25, 0.3) is 5.91 Å². The first kappa shape index (κ1) is 17.9. The summed E-state index contributed by atoms with van der Waals surface area (Å²) < 4.78 is 5.54. The first-order valence-electron chi connectivity index (χ1n) is 8.49. The quantitative estimate of drug-likeness (QED) is 0.815. The molecular weight excluding hydrogens is 300 g/mol. The third-order valence-corrected chi connectivity index (χ3v) is 4.02. The van der Waals surface area contributed by atoms with E-state index in [9.17, 15) is 4.79 Å². The van der Waals surface area contributed by atoms with Crippen molar-refractivity contribution in [2.45, 2.75) is 27.7 Å². The van der Waals surface area contributed by atoms with Gasteiger partial charge in [0.2, 0.25) is 0 Å². The second-order valence-electron chi connectivity index (χ2n) is 5.55. The highest BCUT2D eigenvalue weighted by Crippen LogP contribution is 2.25. The summed E-state index contributed by atoms with van der Waals surface area (Å²) in [5.41, 5.74) is 3.58. The van der Waals surface area contributed by atoms with E-state index >= 15 is 0 Å². The Balaban J connectivity index is 2.21. The normalized spacial score (nSPS) is 10.3. The Hall–Kier alpha value is -2.49. The predicted octanol–water partition coefficient (Wildman–Crippen LogP) is 4.49. The zero-order valence-corrected chi connectivity index (χ0v) is 14.9. The van der Waals surface area contributed by atoms with Crippen LogP contribution >= 0.6 is 0 Å². The van der Waals surface area contributed by atoms with Crippen LogP contribution in [0.5, 0.6) is 5.75 Å². The van der Waals surface area contributed by atoms with Gasteiger partial charge < -0.3 is 15.0 Å². The molecule has 0 fully saturated rings. The number of carbonyl (C=O) groups is 1. The van der Waals surface area contributed by atoms with E-state index < -0.39 is 0 Å². The average molecular weight is 326 g/mol. The van der Waals surface area contributed by atoms with Crippen molar-refractivity contribution >= 4 is 17.3 Å². The molecule has 4 nitrogen and oxygen atoms in total. The summed E-state index contributed by atoms with van der Waals surface area (Å²) in [5, 5.41) is 2.99. The number of rotatable bonds is 7. The molecule has 0 aliphatic carbocycles. The number of hydrogen-bond donors (Lipinski definition) is 1. The molecule has 1 amide bonds. The van der Waals surface area contributed by atoms with Crippen LogP contribution in [0, 0.1) is 6.92 Å². The van der Waals surface area contributed by atoms with Crippen LogP contribution in [0.4, 0.5) is 11.4 Å². The van der Waals surface area contributed by atoms with Crippen molar-refractivity contribution in [2.75, 3.05) is 29.9 Å². The number of ether oxygens (including phenoxy) is 1. The van der Waals surface area contributed by atoms with Crippen molar-refractivity contribution in [3.63, 3.8) is 0 Å². The summed E-state index contributed by atoms with van der Waals surface area (Å²) in [6, 6.07) is 13.4. The van der Waals surface area contributed by atoms with Crippen LogP contribution in [0.2, 0.25) is 0 Å². The van der Waals surface area contributed by atoms with Crippen molar-refractivity contribution in [1.82, 2.24) is 0 Å². The first-order valence-corrected chi connectivity index (χ1v) is 8.49. The zero-order valence-electron chi connectivity index (χ0n) is 14.9. The predicted molar refractivity (Wildman–Crippen MR) is 100 cm³/mol. The van der Waals surface area contributed by atoms with Crippen LogP contribution in [0.25, 0.3) is 0 Å². The second kappa shape index (κ2) is 8.39. The van der Waals surface area contributed by atoms with E-state index in [1.807, 2.05) is 44.2 Å². The smallest absolute Gasteiger partial charge is 0.259 e. The third kappa shape index (κ3) is 4.07. The molecule has 0 saturated heterocycles. The summed E-state index contributed by atoms with van der Waals surface area (Å²) in [6.07, 6.45) is 0. The molecule has 0 saturated carbocycles. The number of carbonyl (C=O) groups excluding carboxylic acids is 1. The summed E-state index contributed by atoms with van der Waals surface area (Å²) in [4.78, 5) is 14.9. The lowest BCUT2D eigenvalue weighted by molar-refractivity contribution is 0.102. The van der Waals surface area contributed by atoms with Crippen molar-refractivity contribution in [3.05, 3.63) is 53.6 Å². The second-order valence-corrected chi connectivity index (χ2v) is 5.55. The van der Waals surface area contributed by atoms with E-state index in [0.29, 0.717) is 17.9 Å². The molecule has 2 rings (SSSR count). The highest BCUT2D eigenvalue weighted by atomic mass is 16.5. The fourth-order valence-electron chi connectivity index (χ4n) is 2.70. The standard InChI is InChI=1S/C20H26N2O2/c1-5-22(6-2)16-12-13-18(15(4)14-16)21-20(23)17-10-8-9-11-19(17)24-7-3/h8-14H,5-7H2,1-4H3,(H,21,23). The molecular formula is C20H26N2O2. The van der Waals surface area contributed by atoms with Crippen molar-refractivity contribution in [1.29, 1.82) is 0 Å². The largest absolute Gasteiger partial charge is 0.493 e. The molecule has 0 aliphatic heterocycles. The lowest BCUT2D eigenvalue weighted by atomic mass is 10.1. The first-order chi connectivity index (χ1) is 11.6. The number of anilines is 2. The molecule has 0 atom stereocenters. The van der Waals surface area contributed by atoms with Crippen LogP contribution in [-0.4, -0.2) is 25.6 Å². The summed E-state index contributed by atoms with van der Waals surface area (Å²) >= 11 is 0. The molecule has 4 heteroatoms. The highest BCUT2D eigenvalue weighted by molar-refractivity contribution is 6.06. The van der Waals surface area contributed by atoms with Gasteiger partial charge in [0.15, 0.2) is 0 Å². The maximum Gasteiger partial charge on any atom is 0.259 e. The van der Waals surface area contributed by atoms with Gasteiger partial charge in [-0.15, -0.1) is 0 Å². The van der Waals surface area contributed by atoms with Gasteiger partial charge in [-0.25, -0.2) is 0 Å². The Kier molecular flexibility index (Phi) is 6.24. The SMILES string of the molecule is CCOc1ccccc1C(=O)Nc1ccc(N(CC)CC)cc1C. The van der Waals surface area contributed by atoms with Gasteiger partial charge in [0.1, 0.15) is 5.75 Å². The number of amides is 1. The Bertz CT molecular complexity index is 694. The van der Waals surface area contributed by atoms with Gasteiger partial charge in [-0.1, -0.05) is 12.1 Å². The Labute approximate surface area is 144 Å². The molecule has 1 N–H and O–H groups in total. The van der Waals surface area contributed by atoms with Gasteiger partial charge in [0.05, 0.1) is 12.2 Å². The maximum absolute atomic E-state index is 12.6. The molecule has 2 aromatic carbocycles. The highest BCUT2D eigenvalue weighted by Gasteiger charge is 2.13. The molecule has 0 spiro atoms. The Morgan fingerprint density at radius 2 is 1.79 bits per heavy atom. The molecule has 0 aromatic heterocycles. The number of aryl methyl sites for hydroxylation is 1. The van der Waals surface area contributed by atoms with Crippen molar-refractivity contribution < 1.29 is 9.53 Å². The molecule has 0 unspecified atom stereocenters. The number of hydrogen-bond acceptors (Lipinski definition) is 3. The monoisotopic (exact) mass is 326 g/mol. The van der Waals surface area contributed by atoms with Crippen LogP contribution in [0.1, 0.15) is 36.7 Å². The van der Waals surface area contributed by atoms with Crippen LogP contribution < -0.4 is 15.0 Å². The third-order valence-electron chi connectivity index (χ3n) is 4.02. The average Bonchev–Trinajstić information content (AvgIpc) is 2.59. The molecule has 0 bridgehead atoms. The maximum atomic E-state index is 12.6. The molecule has 128 valence electrons. The molecule has 2 aromatic rings. The number of para-hydroxylation sites is 1. The van der Waals surface area contributed by atoms with Gasteiger partial charge in [-0.2, -0.15) is 0 Å². The minimum Gasteiger partial charge on any atom is -0.493 e. The lowest BCUT2D eigenvalue weighted by Crippen LogP contribution is -2.22. The number of nitrogens with zero attached hydrogens (tertiary/aromatic N) is 1. The van der Waals surface area contributed by atoms with E-state index in [1.54, 1.807) is 6.07 Å². The molecule has 24 heavy (non-hydrogen) atoms. The van der Waals surface area contributed by atoms with Gasteiger partial charge >= 0.3 is 0 Å². The van der Waals surface area contributed by atoms with Crippen LogP contribution in [-0.2, 0) is 0 Å². The van der Waals surface area contributed by atoms with Crippen molar-refractivity contribution in [2.24, 2.45) is 0 Å². The van der Waals surface area contributed by atoms with Crippen LogP contribution in [0.3, 0.4) is 0 Å². The molecule has 0 heterocycles. The van der Waals surface area contributed by atoms with E-state index in [4.69, 9.17) is 4.74 Å². The fourth-order valence-corrected chi connectivity index (χ4v) is 2.70. The minimum atomic E-state index is -0.155. The van der Waals surface area contributed by atoms with Crippen molar-refractivity contribution in [3.8, 4) is 5.75 Å². The summed E-state index contributed by atoms with van der Waals surface area (Å²) in [5.74, 6) is 0.452. The topological polar surface area (TPSA) is 41.6 Å². The van der Waals surface area contributed by atoms with E-state index in [1.165, 1.54) is 5.69 Å². The van der Waals surface area contributed by atoms with E-state index in [0.717, 1.165) is 24.3 Å². The zero-order chi connectivity index (χ0) is 17.5. The summed E-state index contributed by atoms with van der Waals surface area (Å²) in [6.45, 7) is 10.6. The van der Waals surface area contributed by atoms with Crippen LogP contribution in [0.15, 0.2) is 42.5 Å². The molecule has 0 radical (unpaired) electrons. The van der Waals surface area contributed by atoms with Gasteiger partial charge in [-0.05, 0) is 63.6 Å². The minimum absolute atomic E-state index is 0.155.